The second-order valence-corrected chi connectivity index (χ2v) is 11.5. The summed E-state index contributed by atoms with van der Waals surface area (Å²) in [7, 11) is 0. The predicted molar refractivity (Wildman–Crippen MR) is 165 cm³/mol. The maximum absolute atomic E-state index is 13.1. The number of nitrogens with two attached hydrogens (primary N) is 1. The number of pyridine rings is 2. The van der Waals surface area contributed by atoms with Gasteiger partial charge < -0.3 is 20.7 Å². The van der Waals surface area contributed by atoms with E-state index >= 15 is 0 Å². The van der Waals surface area contributed by atoms with Crippen molar-refractivity contribution in [2.45, 2.75) is 51.6 Å². The van der Waals surface area contributed by atoms with Crippen LogP contribution in [0.25, 0.3) is 27.7 Å². The van der Waals surface area contributed by atoms with Crippen LogP contribution in [0, 0.1) is 5.92 Å². The molecule has 1 aromatic carbocycles. The smallest absolute Gasteiger partial charge is 0.237 e. The number of anilines is 1. The van der Waals surface area contributed by atoms with Crippen molar-refractivity contribution in [2.75, 3.05) is 24.6 Å². The minimum absolute atomic E-state index is 0.0733. The predicted octanol–water partition coefficient (Wildman–Crippen LogP) is 4.35. The molecule has 42 heavy (non-hydrogen) atoms. The number of nitrogens with zero attached hydrogens (tertiary/aromatic N) is 5. The van der Waals surface area contributed by atoms with E-state index in [0.717, 1.165) is 71.6 Å². The zero-order valence-electron chi connectivity index (χ0n) is 24.4. The van der Waals surface area contributed by atoms with Gasteiger partial charge in [-0.3, -0.25) is 9.89 Å². The molecule has 1 atom stereocenters. The summed E-state index contributed by atoms with van der Waals surface area (Å²) in [5.74, 6) is 1.65. The molecule has 10 heteroatoms. The summed E-state index contributed by atoms with van der Waals surface area (Å²) in [6.45, 7) is 8.05. The Bertz CT molecular complexity index is 1670. The van der Waals surface area contributed by atoms with Crippen LogP contribution in [0.3, 0.4) is 0 Å². The minimum atomic E-state index is -0.531. The molecule has 5 heterocycles. The zero-order valence-corrected chi connectivity index (χ0v) is 24.4. The third-order valence-electron chi connectivity index (χ3n) is 8.31. The molecule has 0 unspecified atom stereocenters. The molecule has 1 fully saturated rings. The Kier molecular flexibility index (Phi) is 7.55. The van der Waals surface area contributed by atoms with Crippen molar-refractivity contribution < 1.29 is 9.53 Å². The lowest BCUT2D eigenvalue weighted by molar-refractivity contribution is -0.125. The average Bonchev–Trinajstić information content (AvgIpc) is 3.59. The third-order valence-corrected chi connectivity index (χ3v) is 8.31. The van der Waals surface area contributed by atoms with Crippen LogP contribution in [0.5, 0.6) is 5.75 Å². The van der Waals surface area contributed by atoms with E-state index in [1.807, 2.05) is 61.9 Å². The summed E-state index contributed by atoms with van der Waals surface area (Å²) in [5, 5.41) is 16.1. The molecular weight excluding hydrogens is 528 g/mol. The number of fused-ring (bicyclic) bond motifs is 3. The van der Waals surface area contributed by atoms with Crippen molar-refractivity contribution in [3.8, 4) is 16.9 Å². The Morgan fingerprint density at radius 1 is 1.14 bits per heavy atom. The van der Waals surface area contributed by atoms with Gasteiger partial charge in [-0.2, -0.15) is 5.10 Å². The van der Waals surface area contributed by atoms with Gasteiger partial charge in [0.25, 0.3) is 0 Å². The molecule has 0 aliphatic carbocycles. The Hall–Kier alpha value is -4.44. The highest BCUT2D eigenvalue weighted by Gasteiger charge is 2.38. The molecule has 6 rings (SSSR count). The first-order valence-electron chi connectivity index (χ1n) is 14.7. The molecule has 0 radical (unpaired) electrons. The molecule has 1 saturated heterocycles. The van der Waals surface area contributed by atoms with Gasteiger partial charge in [0.2, 0.25) is 5.91 Å². The fraction of sp³-hybridized carbons (Fsp3) is 0.375. The maximum atomic E-state index is 13.1. The summed E-state index contributed by atoms with van der Waals surface area (Å²) in [5.41, 5.74) is 10.7. The summed E-state index contributed by atoms with van der Waals surface area (Å²) in [4.78, 5) is 20.3. The first-order valence-corrected chi connectivity index (χ1v) is 14.7. The van der Waals surface area contributed by atoms with Gasteiger partial charge in [-0.25, -0.2) is 9.50 Å². The van der Waals surface area contributed by atoms with Gasteiger partial charge >= 0.3 is 0 Å². The van der Waals surface area contributed by atoms with Crippen LogP contribution in [-0.4, -0.2) is 62.0 Å². The van der Waals surface area contributed by atoms with Crippen molar-refractivity contribution >= 4 is 28.3 Å². The Morgan fingerprint density at radius 2 is 1.93 bits per heavy atom. The number of aromatic amines is 1. The summed E-state index contributed by atoms with van der Waals surface area (Å²) < 4.78 is 7.67. The fourth-order valence-corrected chi connectivity index (χ4v) is 5.88. The van der Waals surface area contributed by atoms with Gasteiger partial charge in [0.1, 0.15) is 11.6 Å². The van der Waals surface area contributed by atoms with Crippen molar-refractivity contribution in [3.05, 3.63) is 72.7 Å². The van der Waals surface area contributed by atoms with Crippen LogP contribution < -0.4 is 20.7 Å². The standard InChI is InChI=1S/C32H38N8O2/c1-4-42-24-16-25(29-26-19-35-37-30(26)38-40(29)20-24)23-10-11-27(34-18-23)39-14-12-32(13-15-39,17-22-8-6-5-7-9-22)36-31(41)28(33)21(2)3/h5-11,16,18-21,28H,4,12-15,17,33H2,1-3H3,(H,36,41)(H,37,38)/t28-/m0/s1. The number of amides is 1. The van der Waals surface area contributed by atoms with Gasteiger partial charge in [-0.05, 0) is 55.9 Å². The second-order valence-electron chi connectivity index (χ2n) is 11.5. The van der Waals surface area contributed by atoms with E-state index in [2.05, 4.69) is 49.8 Å². The monoisotopic (exact) mass is 566 g/mol. The largest absolute Gasteiger partial charge is 0.492 e. The van der Waals surface area contributed by atoms with Gasteiger partial charge in [0.15, 0.2) is 5.65 Å². The Labute approximate surface area is 245 Å². The normalized spacial score (nSPS) is 15.8. The maximum Gasteiger partial charge on any atom is 0.237 e. The molecule has 1 aliphatic heterocycles. The molecule has 218 valence electrons. The van der Waals surface area contributed by atoms with E-state index in [4.69, 9.17) is 15.5 Å². The number of H-pyrrole nitrogens is 1. The topological polar surface area (TPSA) is 126 Å². The van der Waals surface area contributed by atoms with Crippen LogP contribution in [0.15, 0.2) is 67.1 Å². The van der Waals surface area contributed by atoms with Crippen molar-refractivity contribution in [3.63, 3.8) is 0 Å². The fourth-order valence-electron chi connectivity index (χ4n) is 5.88. The first kappa shape index (κ1) is 27.7. The van der Waals surface area contributed by atoms with Crippen molar-refractivity contribution in [1.29, 1.82) is 0 Å². The highest BCUT2D eigenvalue weighted by atomic mass is 16.5. The van der Waals surface area contributed by atoms with Crippen LogP contribution in [-0.2, 0) is 11.2 Å². The van der Waals surface area contributed by atoms with Crippen molar-refractivity contribution in [1.82, 2.24) is 30.1 Å². The molecule has 10 nitrogen and oxygen atoms in total. The van der Waals surface area contributed by atoms with E-state index < -0.39 is 6.04 Å². The number of rotatable bonds is 9. The van der Waals surface area contributed by atoms with Gasteiger partial charge in [0, 0.05) is 36.0 Å². The van der Waals surface area contributed by atoms with Gasteiger partial charge in [0.05, 0.1) is 35.9 Å². The lowest BCUT2D eigenvalue weighted by atomic mass is 9.81. The second kappa shape index (κ2) is 11.4. The number of piperidine rings is 1. The molecule has 5 aromatic rings. The average molecular weight is 567 g/mol. The van der Waals surface area contributed by atoms with Gasteiger partial charge in [-0.15, -0.1) is 5.10 Å². The number of carbonyl (C=O) groups is 1. The van der Waals surface area contributed by atoms with Crippen LogP contribution >= 0.6 is 0 Å². The molecule has 0 saturated carbocycles. The number of nitrogens with one attached hydrogen (secondary N) is 2. The summed E-state index contributed by atoms with van der Waals surface area (Å²) in [6.07, 6.45) is 7.96. The zero-order chi connectivity index (χ0) is 29.3. The number of hydrogen-bond acceptors (Lipinski definition) is 7. The Balaban J connectivity index is 1.24. The lowest BCUT2D eigenvalue weighted by Crippen LogP contribution is -2.60. The highest BCUT2D eigenvalue weighted by Crippen LogP contribution is 2.34. The lowest BCUT2D eigenvalue weighted by Gasteiger charge is -2.43. The van der Waals surface area contributed by atoms with Gasteiger partial charge in [-0.1, -0.05) is 44.2 Å². The van der Waals surface area contributed by atoms with Crippen LogP contribution in [0.1, 0.15) is 39.2 Å². The first-order chi connectivity index (χ1) is 20.4. The minimum Gasteiger partial charge on any atom is -0.492 e. The molecule has 0 spiro atoms. The number of hydrogen-bond donors (Lipinski definition) is 3. The Morgan fingerprint density at radius 3 is 2.62 bits per heavy atom. The summed E-state index contributed by atoms with van der Waals surface area (Å²) >= 11 is 0. The van der Waals surface area contributed by atoms with E-state index in [9.17, 15) is 4.79 Å². The molecule has 4 N–H and O–H groups in total. The molecule has 0 bridgehead atoms. The molecular formula is C32H38N8O2. The van der Waals surface area contributed by atoms with E-state index in [-0.39, 0.29) is 17.4 Å². The number of carbonyl (C=O) groups excluding carboxylic acids is 1. The van der Waals surface area contributed by atoms with E-state index in [1.54, 1.807) is 6.20 Å². The quantitative estimate of drug-likeness (QED) is 0.242. The van der Waals surface area contributed by atoms with Crippen molar-refractivity contribution in [2.24, 2.45) is 11.7 Å². The summed E-state index contributed by atoms with van der Waals surface area (Å²) in [6, 6.07) is 16.0. The molecule has 4 aromatic heterocycles. The third kappa shape index (κ3) is 5.42. The van der Waals surface area contributed by atoms with Crippen LogP contribution in [0.2, 0.25) is 0 Å². The highest BCUT2D eigenvalue weighted by molar-refractivity contribution is 6.00. The van der Waals surface area contributed by atoms with Crippen LogP contribution in [0.4, 0.5) is 5.82 Å². The van der Waals surface area contributed by atoms with E-state index in [1.165, 1.54) is 5.56 Å². The molecule has 1 aliphatic rings. The molecule has 1 amide bonds. The number of ether oxygens (including phenoxy) is 1. The number of benzene rings is 1. The number of aromatic nitrogens is 5. The van der Waals surface area contributed by atoms with E-state index in [0.29, 0.717) is 6.61 Å². The SMILES string of the molecule is CCOc1cc(-c2ccc(N3CCC(Cc4ccccc4)(NC(=O)[C@@H](N)C(C)C)CC3)nc2)c2c3cn[nH]c3nn2c1.